The number of carbonyl (C=O) groups excluding carboxylic acids is 1. The SMILES string of the molecule is COCCOc1cc2c(cc1OCCOC)C(=O)CC2. The van der Waals surface area contributed by atoms with Gasteiger partial charge in [-0.1, -0.05) is 0 Å². The summed E-state index contributed by atoms with van der Waals surface area (Å²) in [6.45, 7) is 1.87. The predicted octanol–water partition coefficient (Wildman–Crippen LogP) is 1.87. The minimum Gasteiger partial charge on any atom is -0.487 e. The van der Waals surface area contributed by atoms with Gasteiger partial charge in [-0.25, -0.2) is 0 Å². The second-order valence-electron chi connectivity index (χ2n) is 4.56. The maximum Gasteiger partial charge on any atom is 0.163 e. The Kier molecular flexibility index (Phi) is 5.38. The van der Waals surface area contributed by atoms with E-state index < -0.39 is 0 Å². The summed E-state index contributed by atoms with van der Waals surface area (Å²) in [6, 6.07) is 3.68. The molecule has 1 aliphatic rings. The van der Waals surface area contributed by atoms with Crippen molar-refractivity contribution in [2.45, 2.75) is 12.8 Å². The zero-order valence-electron chi connectivity index (χ0n) is 11.9. The second kappa shape index (κ2) is 7.26. The molecule has 0 atom stereocenters. The van der Waals surface area contributed by atoms with Gasteiger partial charge in [-0.15, -0.1) is 0 Å². The van der Waals surface area contributed by atoms with Crippen LogP contribution in [0.1, 0.15) is 22.3 Å². The van der Waals surface area contributed by atoms with Gasteiger partial charge in [0.05, 0.1) is 13.2 Å². The number of carbonyl (C=O) groups is 1. The number of hydrogen-bond donors (Lipinski definition) is 0. The second-order valence-corrected chi connectivity index (χ2v) is 4.56. The van der Waals surface area contributed by atoms with E-state index in [4.69, 9.17) is 18.9 Å². The molecule has 1 aromatic rings. The number of fused-ring (bicyclic) bond motifs is 1. The molecule has 0 saturated heterocycles. The molecule has 0 bridgehead atoms. The first-order chi connectivity index (χ1) is 9.76. The Morgan fingerprint density at radius 2 is 1.50 bits per heavy atom. The van der Waals surface area contributed by atoms with Crippen molar-refractivity contribution in [3.05, 3.63) is 23.3 Å². The van der Waals surface area contributed by atoms with Crippen molar-refractivity contribution < 1.29 is 23.7 Å². The maximum atomic E-state index is 11.8. The Hall–Kier alpha value is -1.59. The van der Waals surface area contributed by atoms with Gasteiger partial charge >= 0.3 is 0 Å². The highest BCUT2D eigenvalue weighted by Gasteiger charge is 2.22. The van der Waals surface area contributed by atoms with Crippen molar-refractivity contribution in [2.75, 3.05) is 40.6 Å². The molecule has 0 spiro atoms. The molecule has 0 heterocycles. The highest BCUT2D eigenvalue weighted by atomic mass is 16.5. The van der Waals surface area contributed by atoms with E-state index in [1.807, 2.05) is 6.07 Å². The summed E-state index contributed by atoms with van der Waals surface area (Å²) in [7, 11) is 3.24. The smallest absolute Gasteiger partial charge is 0.163 e. The minimum absolute atomic E-state index is 0.167. The fourth-order valence-electron chi connectivity index (χ4n) is 2.15. The van der Waals surface area contributed by atoms with Crippen LogP contribution < -0.4 is 9.47 Å². The van der Waals surface area contributed by atoms with Gasteiger partial charge in [0, 0.05) is 26.2 Å². The monoisotopic (exact) mass is 280 g/mol. The van der Waals surface area contributed by atoms with Gasteiger partial charge in [-0.05, 0) is 24.1 Å². The van der Waals surface area contributed by atoms with Crippen LogP contribution in [0.25, 0.3) is 0 Å². The van der Waals surface area contributed by atoms with Crippen molar-refractivity contribution >= 4 is 5.78 Å². The molecule has 0 aliphatic heterocycles. The highest BCUT2D eigenvalue weighted by molar-refractivity contribution is 6.01. The van der Waals surface area contributed by atoms with Gasteiger partial charge in [0.25, 0.3) is 0 Å². The summed E-state index contributed by atoms with van der Waals surface area (Å²) in [4.78, 5) is 11.8. The van der Waals surface area contributed by atoms with Crippen molar-refractivity contribution in [3.8, 4) is 11.5 Å². The molecule has 5 heteroatoms. The van der Waals surface area contributed by atoms with Crippen molar-refractivity contribution in [3.63, 3.8) is 0 Å². The van der Waals surface area contributed by atoms with E-state index in [1.54, 1.807) is 20.3 Å². The van der Waals surface area contributed by atoms with Crippen LogP contribution in [-0.2, 0) is 15.9 Å². The van der Waals surface area contributed by atoms with Crippen LogP contribution >= 0.6 is 0 Å². The van der Waals surface area contributed by atoms with Crippen LogP contribution in [0.5, 0.6) is 11.5 Å². The van der Waals surface area contributed by atoms with Crippen LogP contribution in [-0.4, -0.2) is 46.4 Å². The summed E-state index contributed by atoms with van der Waals surface area (Å²) in [5, 5.41) is 0. The summed E-state index contributed by atoms with van der Waals surface area (Å²) < 4.78 is 21.2. The normalized spacial score (nSPS) is 13.4. The summed E-state index contributed by atoms with van der Waals surface area (Å²) >= 11 is 0. The zero-order valence-corrected chi connectivity index (χ0v) is 11.9. The number of benzene rings is 1. The van der Waals surface area contributed by atoms with Crippen molar-refractivity contribution in [1.29, 1.82) is 0 Å². The molecule has 5 nitrogen and oxygen atoms in total. The molecule has 0 saturated carbocycles. The number of hydrogen-bond acceptors (Lipinski definition) is 5. The third kappa shape index (κ3) is 3.49. The van der Waals surface area contributed by atoms with Crippen LogP contribution in [0, 0.1) is 0 Å². The summed E-state index contributed by atoms with van der Waals surface area (Å²) in [5.74, 6) is 1.42. The number of methoxy groups -OCH3 is 2. The van der Waals surface area contributed by atoms with Crippen LogP contribution in [0.15, 0.2) is 12.1 Å². The van der Waals surface area contributed by atoms with Crippen LogP contribution in [0.3, 0.4) is 0 Å². The van der Waals surface area contributed by atoms with Gasteiger partial charge in [-0.3, -0.25) is 4.79 Å². The quantitative estimate of drug-likeness (QED) is 0.680. The molecule has 20 heavy (non-hydrogen) atoms. The third-order valence-electron chi connectivity index (χ3n) is 3.18. The molecule has 0 fully saturated rings. The van der Waals surface area contributed by atoms with Gasteiger partial charge in [0.2, 0.25) is 0 Å². The molecule has 0 aromatic heterocycles. The zero-order chi connectivity index (χ0) is 14.4. The Morgan fingerprint density at radius 3 is 2.10 bits per heavy atom. The standard InChI is InChI=1S/C15H20O5/c1-17-5-7-19-14-9-11-3-4-13(16)12(11)10-15(14)20-8-6-18-2/h9-10H,3-8H2,1-2H3. The average molecular weight is 280 g/mol. The van der Waals surface area contributed by atoms with Gasteiger partial charge in [-0.2, -0.15) is 0 Å². The number of Topliss-reactive ketones (excluding diaryl/α,β-unsaturated/α-hetero) is 1. The van der Waals surface area contributed by atoms with Gasteiger partial charge in [0.1, 0.15) is 13.2 Å². The van der Waals surface area contributed by atoms with Crippen molar-refractivity contribution in [1.82, 2.24) is 0 Å². The van der Waals surface area contributed by atoms with E-state index in [0.29, 0.717) is 44.3 Å². The first kappa shape index (κ1) is 14.8. The highest BCUT2D eigenvalue weighted by Crippen LogP contribution is 2.35. The first-order valence-electron chi connectivity index (χ1n) is 6.70. The summed E-state index contributed by atoms with van der Waals surface area (Å²) in [6.07, 6.45) is 1.33. The fourth-order valence-corrected chi connectivity index (χ4v) is 2.15. The Morgan fingerprint density at radius 1 is 0.900 bits per heavy atom. The fraction of sp³-hybridized carbons (Fsp3) is 0.533. The Labute approximate surface area is 118 Å². The number of aryl methyl sites for hydroxylation is 1. The molecule has 2 rings (SSSR count). The molecule has 110 valence electrons. The predicted molar refractivity (Wildman–Crippen MR) is 73.8 cm³/mol. The molecular weight excluding hydrogens is 260 g/mol. The maximum absolute atomic E-state index is 11.8. The average Bonchev–Trinajstić information content (AvgIpc) is 2.80. The van der Waals surface area contributed by atoms with Crippen LogP contribution in [0.2, 0.25) is 0 Å². The number of ketones is 1. The third-order valence-corrected chi connectivity index (χ3v) is 3.18. The number of rotatable bonds is 8. The Balaban J connectivity index is 2.16. The van der Waals surface area contributed by atoms with E-state index in [0.717, 1.165) is 17.5 Å². The van der Waals surface area contributed by atoms with E-state index in [2.05, 4.69) is 0 Å². The van der Waals surface area contributed by atoms with E-state index in [-0.39, 0.29) is 5.78 Å². The molecule has 1 aromatic carbocycles. The lowest BCUT2D eigenvalue weighted by Gasteiger charge is -2.14. The lowest BCUT2D eigenvalue weighted by molar-refractivity contribution is 0.0993. The Bertz CT molecular complexity index is 470. The topological polar surface area (TPSA) is 54.0 Å². The molecule has 0 amide bonds. The van der Waals surface area contributed by atoms with E-state index in [1.165, 1.54) is 0 Å². The molecule has 0 radical (unpaired) electrons. The van der Waals surface area contributed by atoms with Gasteiger partial charge in [0.15, 0.2) is 17.3 Å². The molecule has 1 aliphatic carbocycles. The molecule has 0 N–H and O–H groups in total. The van der Waals surface area contributed by atoms with Crippen molar-refractivity contribution in [2.24, 2.45) is 0 Å². The lowest BCUT2D eigenvalue weighted by Crippen LogP contribution is -2.09. The molecular formula is C15H20O5. The van der Waals surface area contributed by atoms with Crippen LogP contribution in [0.4, 0.5) is 0 Å². The van der Waals surface area contributed by atoms with E-state index in [9.17, 15) is 4.79 Å². The first-order valence-corrected chi connectivity index (χ1v) is 6.70. The number of ether oxygens (including phenoxy) is 4. The summed E-state index contributed by atoms with van der Waals surface area (Å²) in [5.41, 5.74) is 1.78. The van der Waals surface area contributed by atoms with E-state index >= 15 is 0 Å². The lowest BCUT2D eigenvalue weighted by atomic mass is 10.1. The minimum atomic E-state index is 0.167. The largest absolute Gasteiger partial charge is 0.487 e. The van der Waals surface area contributed by atoms with Gasteiger partial charge < -0.3 is 18.9 Å². The molecule has 0 unspecified atom stereocenters.